The predicted octanol–water partition coefficient (Wildman–Crippen LogP) is 0.954. The number of ether oxygens (including phenoxy) is 1. The van der Waals surface area contributed by atoms with Crippen molar-refractivity contribution in [1.82, 2.24) is 9.21 Å². The molecule has 8 nitrogen and oxygen atoms in total. The molecule has 0 aromatic carbocycles. The van der Waals surface area contributed by atoms with Crippen LogP contribution < -0.4 is 9.88 Å². The first-order valence-corrected chi connectivity index (χ1v) is 10.6. The van der Waals surface area contributed by atoms with Crippen molar-refractivity contribution in [3.05, 3.63) is 18.5 Å². The first-order chi connectivity index (χ1) is 12.5. The average Bonchev–Trinajstić information content (AvgIpc) is 2.69. The normalized spacial score (nSPS) is 19.4. The third kappa shape index (κ3) is 3.93. The molecule has 1 amide bonds. The lowest BCUT2D eigenvalue weighted by atomic mass is 10.2. The molecule has 1 aromatic rings. The van der Waals surface area contributed by atoms with Gasteiger partial charge in [-0.3, -0.25) is 0 Å². The van der Waals surface area contributed by atoms with Crippen LogP contribution in [-0.4, -0.2) is 69.6 Å². The smallest absolute Gasteiger partial charge is 0.409 e. The summed E-state index contributed by atoms with van der Waals surface area (Å²) in [6.45, 7) is 5.47. The van der Waals surface area contributed by atoms with Crippen LogP contribution in [0, 0.1) is 0 Å². The molecule has 2 aliphatic heterocycles. The van der Waals surface area contributed by atoms with Crippen molar-refractivity contribution in [2.45, 2.75) is 31.1 Å². The molecule has 0 unspecified atom stereocenters. The second-order valence-electron chi connectivity index (χ2n) is 6.53. The number of hydrogen-bond donors (Lipinski definition) is 0. The number of pyridine rings is 1. The van der Waals surface area contributed by atoms with Gasteiger partial charge in [0, 0.05) is 45.3 Å². The summed E-state index contributed by atoms with van der Waals surface area (Å²) in [7, 11) is -3.53. The molecule has 0 bridgehead atoms. The number of amides is 1. The highest BCUT2D eigenvalue weighted by molar-refractivity contribution is 7.89. The molecule has 3 rings (SSSR count). The van der Waals surface area contributed by atoms with Crippen LogP contribution >= 0.6 is 0 Å². The molecule has 1 N–H and O–H groups in total. The molecule has 0 aliphatic carbocycles. The zero-order valence-corrected chi connectivity index (χ0v) is 16.0. The Hall–Kier alpha value is -1.87. The lowest BCUT2D eigenvalue weighted by Gasteiger charge is -2.36. The number of carbonyl (C=O) groups is 1. The number of aromatic amines is 1. The zero-order chi connectivity index (χ0) is 18.6. The Morgan fingerprint density at radius 1 is 1.12 bits per heavy atom. The van der Waals surface area contributed by atoms with Crippen LogP contribution in [0.2, 0.25) is 0 Å². The Labute approximate surface area is 154 Å². The van der Waals surface area contributed by atoms with E-state index in [1.54, 1.807) is 34.6 Å². The summed E-state index contributed by atoms with van der Waals surface area (Å²) in [6.07, 6.45) is 5.89. The molecule has 0 saturated carbocycles. The standard InChI is InChI=1S/C17H26N4O4S/c1-2-25-17(22)20-12-10-19(11-13-20)15-6-7-18-14-16(15)26(23,24)21-8-4-3-5-9-21/h6-7,14H,2-5,8-13H2,1H3/p+1. The fourth-order valence-corrected chi connectivity index (χ4v) is 5.16. The number of piperidine rings is 1. The van der Waals surface area contributed by atoms with Crippen molar-refractivity contribution in [1.29, 1.82) is 0 Å². The summed E-state index contributed by atoms with van der Waals surface area (Å²) in [5.41, 5.74) is 0.692. The summed E-state index contributed by atoms with van der Waals surface area (Å²) in [4.78, 5) is 18.8. The minimum Gasteiger partial charge on any atom is -0.450 e. The number of sulfonamides is 1. The van der Waals surface area contributed by atoms with E-state index in [1.165, 1.54) is 0 Å². The monoisotopic (exact) mass is 383 g/mol. The summed E-state index contributed by atoms with van der Waals surface area (Å²) >= 11 is 0. The molecule has 2 saturated heterocycles. The van der Waals surface area contributed by atoms with Crippen molar-refractivity contribution < 1.29 is 22.9 Å². The van der Waals surface area contributed by atoms with E-state index in [-0.39, 0.29) is 6.09 Å². The Morgan fingerprint density at radius 2 is 1.81 bits per heavy atom. The first-order valence-electron chi connectivity index (χ1n) is 9.21. The van der Waals surface area contributed by atoms with E-state index in [4.69, 9.17) is 4.74 Å². The molecule has 26 heavy (non-hydrogen) atoms. The topological polar surface area (TPSA) is 84.3 Å². The van der Waals surface area contributed by atoms with E-state index in [0.29, 0.717) is 56.5 Å². The fraction of sp³-hybridized carbons (Fsp3) is 0.647. The van der Waals surface area contributed by atoms with Gasteiger partial charge < -0.3 is 14.5 Å². The van der Waals surface area contributed by atoms with E-state index >= 15 is 0 Å². The fourth-order valence-electron chi connectivity index (χ4n) is 3.46. The maximum atomic E-state index is 13.1. The van der Waals surface area contributed by atoms with Crippen LogP contribution in [0.3, 0.4) is 0 Å². The maximum Gasteiger partial charge on any atom is 0.409 e. The highest BCUT2D eigenvalue weighted by atomic mass is 32.2. The molecule has 2 aliphatic rings. The van der Waals surface area contributed by atoms with Crippen molar-refractivity contribution in [2.24, 2.45) is 0 Å². The first kappa shape index (κ1) is 18.9. The van der Waals surface area contributed by atoms with Crippen molar-refractivity contribution in [3.63, 3.8) is 0 Å². The van der Waals surface area contributed by atoms with Crippen LogP contribution in [0.4, 0.5) is 10.5 Å². The van der Waals surface area contributed by atoms with Gasteiger partial charge in [-0.1, -0.05) is 6.42 Å². The van der Waals surface area contributed by atoms with Gasteiger partial charge in [0.25, 0.3) is 10.0 Å². The van der Waals surface area contributed by atoms with Gasteiger partial charge in [-0.2, -0.15) is 4.31 Å². The molecule has 144 valence electrons. The van der Waals surface area contributed by atoms with Gasteiger partial charge in [0.15, 0.2) is 17.3 Å². The van der Waals surface area contributed by atoms with E-state index < -0.39 is 10.0 Å². The lowest BCUT2D eigenvalue weighted by Crippen LogP contribution is -2.49. The quantitative estimate of drug-likeness (QED) is 0.773. The summed E-state index contributed by atoms with van der Waals surface area (Å²) in [5.74, 6) is 0. The second-order valence-corrected chi connectivity index (χ2v) is 8.44. The molecule has 2 fully saturated rings. The van der Waals surface area contributed by atoms with Gasteiger partial charge in [-0.25, -0.2) is 18.2 Å². The Balaban J connectivity index is 1.77. The number of carbonyl (C=O) groups excluding carboxylic acids is 1. The van der Waals surface area contributed by atoms with E-state index in [1.807, 2.05) is 4.90 Å². The van der Waals surface area contributed by atoms with Crippen molar-refractivity contribution >= 4 is 21.8 Å². The number of rotatable bonds is 4. The second kappa shape index (κ2) is 8.22. The summed E-state index contributed by atoms with van der Waals surface area (Å²) < 4.78 is 32.8. The van der Waals surface area contributed by atoms with Gasteiger partial charge in [0.05, 0.1) is 12.3 Å². The predicted molar refractivity (Wildman–Crippen MR) is 96.4 cm³/mol. The SMILES string of the molecule is CCOC(=O)N1CCN(c2cc[nH+]cc2S(=O)(=O)N2CCCCC2)CC1. The van der Waals surface area contributed by atoms with Crippen molar-refractivity contribution in [2.75, 3.05) is 50.8 Å². The molecule has 1 aromatic heterocycles. The van der Waals surface area contributed by atoms with E-state index in [2.05, 4.69) is 4.98 Å². The lowest BCUT2D eigenvalue weighted by molar-refractivity contribution is -0.380. The minimum atomic E-state index is -3.53. The summed E-state index contributed by atoms with van der Waals surface area (Å²) in [5, 5.41) is 0. The van der Waals surface area contributed by atoms with Crippen LogP contribution in [-0.2, 0) is 14.8 Å². The third-order valence-electron chi connectivity index (χ3n) is 4.88. The van der Waals surface area contributed by atoms with Crippen LogP contribution in [0.25, 0.3) is 0 Å². The average molecular weight is 383 g/mol. The van der Waals surface area contributed by atoms with E-state index in [0.717, 1.165) is 19.3 Å². The number of H-pyrrole nitrogens is 1. The summed E-state index contributed by atoms with van der Waals surface area (Å²) in [6, 6.07) is 1.80. The Kier molecular flexibility index (Phi) is 5.98. The molecule has 9 heteroatoms. The van der Waals surface area contributed by atoms with Crippen LogP contribution in [0.15, 0.2) is 23.4 Å². The van der Waals surface area contributed by atoms with Gasteiger partial charge in [0.1, 0.15) is 0 Å². The molecule has 0 atom stereocenters. The van der Waals surface area contributed by atoms with Gasteiger partial charge in [0.2, 0.25) is 0 Å². The number of nitrogens with one attached hydrogen (secondary N) is 1. The van der Waals surface area contributed by atoms with Crippen LogP contribution in [0.5, 0.6) is 0 Å². The number of nitrogens with zero attached hydrogens (tertiary/aromatic N) is 3. The van der Waals surface area contributed by atoms with Gasteiger partial charge in [-0.05, 0) is 19.8 Å². The molecular weight excluding hydrogens is 356 g/mol. The van der Waals surface area contributed by atoms with E-state index in [9.17, 15) is 13.2 Å². The zero-order valence-electron chi connectivity index (χ0n) is 15.2. The molecule has 0 radical (unpaired) electrons. The van der Waals surface area contributed by atoms with Gasteiger partial charge >= 0.3 is 6.09 Å². The third-order valence-corrected chi connectivity index (χ3v) is 6.81. The number of aromatic nitrogens is 1. The molecule has 3 heterocycles. The molecule has 0 spiro atoms. The molecular formula is C17H27N4O4S+. The Bertz CT molecular complexity index is 726. The minimum absolute atomic E-state index is 0.310. The highest BCUT2D eigenvalue weighted by Gasteiger charge is 2.33. The number of anilines is 1. The van der Waals surface area contributed by atoms with Crippen molar-refractivity contribution in [3.8, 4) is 0 Å². The maximum absolute atomic E-state index is 13.1. The van der Waals surface area contributed by atoms with Crippen LogP contribution in [0.1, 0.15) is 26.2 Å². The Morgan fingerprint density at radius 3 is 2.46 bits per heavy atom. The number of hydrogen-bond acceptors (Lipinski definition) is 5. The van der Waals surface area contributed by atoms with Gasteiger partial charge in [-0.15, -0.1) is 0 Å². The highest BCUT2D eigenvalue weighted by Crippen LogP contribution is 2.28. The number of piperazine rings is 1. The largest absolute Gasteiger partial charge is 0.450 e.